The Hall–Kier alpha value is -5.20. The maximum atomic E-state index is 14.9. The van der Waals surface area contributed by atoms with E-state index in [0.29, 0.717) is 53.7 Å². The number of carbonyl (C=O) groups excluding carboxylic acids is 2. The second-order valence-corrected chi connectivity index (χ2v) is 13.8. The molecule has 2 heterocycles. The number of nitrogens with zero attached hydrogens (tertiary/aromatic N) is 4. The maximum Gasteiger partial charge on any atom is 0.213 e. The molecule has 51 heavy (non-hydrogen) atoms. The van der Waals surface area contributed by atoms with Crippen LogP contribution in [0.5, 0.6) is 0 Å². The summed E-state index contributed by atoms with van der Waals surface area (Å²) in [7, 11) is 0. The van der Waals surface area contributed by atoms with Crippen molar-refractivity contribution in [1.29, 1.82) is 0 Å². The van der Waals surface area contributed by atoms with Crippen molar-refractivity contribution in [3.8, 4) is 0 Å². The standard InChI is InChI=1S/C38H36N8O2S2.CH4/c1-5-21-11-9-12-22(6-2)33(21)43-27-15-16-28(44-34-23(7-3)13-10-14-24(34)8-4)32-31(27)35(47)25-17-29(49-37-39-19-41-45-37)30(18-26(25)36(32)48)50-38-40-20-42-46-38;/h9-20,43-44H,5-8H2,1-4H3,(H,39,41,45)(H,40,42,46);1H4. The smallest absolute Gasteiger partial charge is 0.213 e. The van der Waals surface area contributed by atoms with Crippen molar-refractivity contribution in [2.24, 2.45) is 0 Å². The molecule has 0 unspecified atom stereocenters. The van der Waals surface area contributed by atoms with E-state index in [1.54, 1.807) is 12.1 Å². The first-order chi connectivity index (χ1) is 24.4. The van der Waals surface area contributed by atoms with Crippen LogP contribution >= 0.6 is 23.5 Å². The predicted octanol–water partition coefficient (Wildman–Crippen LogP) is 9.37. The van der Waals surface area contributed by atoms with Gasteiger partial charge < -0.3 is 10.6 Å². The first-order valence-electron chi connectivity index (χ1n) is 16.7. The fraction of sp³-hybridized carbons (Fsp3) is 0.231. The number of aromatic nitrogens is 6. The van der Waals surface area contributed by atoms with E-state index in [9.17, 15) is 9.59 Å². The molecule has 0 saturated carbocycles. The van der Waals surface area contributed by atoms with E-state index in [-0.39, 0.29) is 19.0 Å². The molecule has 10 nitrogen and oxygen atoms in total. The third-order valence-corrected chi connectivity index (χ3v) is 10.9. The van der Waals surface area contributed by atoms with E-state index in [4.69, 9.17) is 0 Å². The molecule has 0 amide bonds. The molecule has 0 bridgehead atoms. The number of benzene rings is 4. The molecule has 6 aromatic rings. The number of ketones is 2. The van der Waals surface area contributed by atoms with E-state index in [2.05, 4.69) is 105 Å². The first-order valence-corrected chi connectivity index (χ1v) is 18.3. The van der Waals surface area contributed by atoms with Crippen LogP contribution in [0.15, 0.2) is 93.4 Å². The molecule has 1 aliphatic carbocycles. The lowest BCUT2D eigenvalue weighted by molar-refractivity contribution is 0.0979. The van der Waals surface area contributed by atoms with Crippen LogP contribution in [0.3, 0.4) is 0 Å². The summed E-state index contributed by atoms with van der Waals surface area (Å²) in [5.74, 6) is -0.475. The van der Waals surface area contributed by atoms with Gasteiger partial charge in [-0.3, -0.25) is 19.8 Å². The molecular weight excluding hydrogens is 677 g/mol. The summed E-state index contributed by atoms with van der Waals surface area (Å²) in [4.78, 5) is 39.8. The van der Waals surface area contributed by atoms with Crippen molar-refractivity contribution >= 4 is 57.8 Å². The van der Waals surface area contributed by atoms with Crippen LogP contribution in [0.2, 0.25) is 0 Å². The van der Waals surface area contributed by atoms with Gasteiger partial charge in [-0.2, -0.15) is 0 Å². The Bertz CT molecular complexity index is 2020. The van der Waals surface area contributed by atoms with Gasteiger partial charge >= 0.3 is 0 Å². The van der Waals surface area contributed by atoms with E-state index in [1.807, 2.05) is 12.1 Å². The van der Waals surface area contributed by atoms with Crippen LogP contribution in [0.25, 0.3) is 0 Å². The zero-order valence-corrected chi connectivity index (χ0v) is 29.8. The van der Waals surface area contributed by atoms with Gasteiger partial charge in [-0.1, -0.05) is 71.5 Å². The second kappa shape index (κ2) is 15.4. The number of nitrogens with one attached hydrogen (secondary N) is 4. The Morgan fingerprint density at radius 2 is 0.961 bits per heavy atom. The summed E-state index contributed by atoms with van der Waals surface area (Å²) in [6.07, 6.45) is 6.25. The highest BCUT2D eigenvalue weighted by atomic mass is 32.2. The van der Waals surface area contributed by atoms with Crippen molar-refractivity contribution < 1.29 is 9.59 Å². The van der Waals surface area contributed by atoms with E-state index >= 15 is 0 Å². The molecular formula is C39H40N8O2S2. The highest BCUT2D eigenvalue weighted by Crippen LogP contribution is 2.45. The third-order valence-electron chi connectivity index (χ3n) is 8.94. The van der Waals surface area contributed by atoms with Crippen LogP contribution in [0.4, 0.5) is 22.7 Å². The summed E-state index contributed by atoms with van der Waals surface area (Å²) in [6.45, 7) is 8.47. The fourth-order valence-corrected chi connectivity index (χ4v) is 8.14. The minimum Gasteiger partial charge on any atom is -0.354 e. The van der Waals surface area contributed by atoms with Crippen LogP contribution in [0.1, 0.15) is 89.2 Å². The van der Waals surface area contributed by atoms with Gasteiger partial charge in [0.25, 0.3) is 0 Å². The van der Waals surface area contributed by atoms with Crippen LogP contribution in [-0.4, -0.2) is 41.9 Å². The Kier molecular flexibility index (Phi) is 10.7. The van der Waals surface area contributed by atoms with Crippen LogP contribution < -0.4 is 10.6 Å². The summed E-state index contributed by atoms with van der Waals surface area (Å²) in [5, 5.41) is 22.1. The molecule has 12 heteroatoms. The average Bonchev–Trinajstić information content (AvgIpc) is 3.86. The van der Waals surface area contributed by atoms with Gasteiger partial charge in [0.15, 0.2) is 11.6 Å². The van der Waals surface area contributed by atoms with E-state index < -0.39 is 0 Å². The number of hydrogen-bond donors (Lipinski definition) is 4. The van der Waals surface area contributed by atoms with Gasteiger partial charge in [-0.05, 0) is 95.7 Å². The number of rotatable bonds is 12. The molecule has 7 rings (SSSR count). The van der Waals surface area contributed by atoms with Crippen molar-refractivity contribution in [3.05, 3.63) is 118 Å². The monoisotopic (exact) mass is 716 g/mol. The molecule has 1 aliphatic rings. The molecule has 0 fully saturated rings. The maximum absolute atomic E-state index is 14.9. The molecule has 0 atom stereocenters. The molecule has 4 aromatic carbocycles. The number of hydrogen-bond acceptors (Lipinski definition) is 10. The number of aromatic amines is 2. The number of H-pyrrole nitrogens is 2. The molecule has 0 spiro atoms. The molecule has 0 aliphatic heterocycles. The number of carbonyl (C=O) groups is 2. The Morgan fingerprint density at radius 3 is 1.27 bits per heavy atom. The molecule has 260 valence electrons. The molecule has 2 aromatic heterocycles. The largest absolute Gasteiger partial charge is 0.354 e. The molecule has 4 N–H and O–H groups in total. The number of anilines is 4. The summed E-state index contributed by atoms with van der Waals surface area (Å²) in [5.41, 5.74) is 9.00. The van der Waals surface area contributed by atoms with Gasteiger partial charge in [0.2, 0.25) is 10.3 Å². The minimum atomic E-state index is -0.237. The van der Waals surface area contributed by atoms with Crippen molar-refractivity contribution in [1.82, 2.24) is 30.4 Å². The number of para-hydroxylation sites is 2. The lowest BCUT2D eigenvalue weighted by atomic mass is 9.82. The molecule has 0 radical (unpaired) electrons. The minimum absolute atomic E-state index is 0. The first kappa shape index (κ1) is 35.6. The van der Waals surface area contributed by atoms with E-state index in [0.717, 1.165) is 59.3 Å². The van der Waals surface area contributed by atoms with Gasteiger partial charge in [-0.15, -0.1) is 10.2 Å². The predicted molar refractivity (Wildman–Crippen MR) is 204 cm³/mol. The number of fused-ring (bicyclic) bond motifs is 2. The molecule has 0 saturated heterocycles. The van der Waals surface area contributed by atoms with Gasteiger partial charge in [-0.25, -0.2) is 9.97 Å². The van der Waals surface area contributed by atoms with Crippen molar-refractivity contribution in [2.45, 2.75) is 80.9 Å². The highest BCUT2D eigenvalue weighted by Gasteiger charge is 2.36. The van der Waals surface area contributed by atoms with Gasteiger partial charge in [0.1, 0.15) is 12.7 Å². The van der Waals surface area contributed by atoms with Gasteiger partial charge in [0, 0.05) is 32.3 Å². The Morgan fingerprint density at radius 1 is 0.588 bits per heavy atom. The van der Waals surface area contributed by atoms with Crippen molar-refractivity contribution in [2.75, 3.05) is 10.6 Å². The SMILES string of the molecule is C.CCc1cccc(CC)c1Nc1ccc(Nc2c(CC)cccc2CC)c2c1C(=O)c1cc(Sc3nc[nH]n3)c(Sc3nc[nH]n3)cc1C2=O. The second-order valence-electron chi connectivity index (χ2n) is 11.7. The number of aryl methyl sites for hydroxylation is 4. The highest BCUT2D eigenvalue weighted by molar-refractivity contribution is 8.02. The lowest BCUT2D eigenvalue weighted by Gasteiger charge is -2.26. The zero-order valence-electron chi connectivity index (χ0n) is 28.2. The quantitative estimate of drug-likeness (QED) is 0.0966. The summed E-state index contributed by atoms with van der Waals surface area (Å²) in [6, 6.07) is 19.9. The third kappa shape index (κ3) is 6.81. The fourth-order valence-electron chi connectivity index (χ4n) is 6.41. The Labute approximate surface area is 306 Å². The van der Waals surface area contributed by atoms with Crippen molar-refractivity contribution in [3.63, 3.8) is 0 Å². The normalized spacial score (nSPS) is 11.9. The Balaban J connectivity index is 0.00000448. The average molecular weight is 717 g/mol. The topological polar surface area (TPSA) is 141 Å². The van der Waals surface area contributed by atoms with E-state index in [1.165, 1.54) is 36.2 Å². The van der Waals surface area contributed by atoms with Gasteiger partial charge in [0.05, 0.1) is 22.5 Å². The summed E-state index contributed by atoms with van der Waals surface area (Å²) < 4.78 is 0. The van der Waals surface area contributed by atoms with Crippen LogP contribution in [-0.2, 0) is 25.7 Å². The van der Waals surface area contributed by atoms with Crippen LogP contribution in [0, 0.1) is 0 Å². The zero-order chi connectivity index (χ0) is 34.8. The lowest BCUT2D eigenvalue weighted by Crippen LogP contribution is -2.24. The summed E-state index contributed by atoms with van der Waals surface area (Å²) >= 11 is 2.60.